The molecule has 4 rings (SSSR count). The molecule has 2 aromatic rings. The molecule has 0 aliphatic carbocycles. The van der Waals surface area contributed by atoms with E-state index < -0.39 is 46.1 Å². The van der Waals surface area contributed by atoms with Crippen LogP contribution in [0.15, 0.2) is 29.7 Å². The van der Waals surface area contributed by atoms with Gasteiger partial charge in [0.15, 0.2) is 0 Å². The summed E-state index contributed by atoms with van der Waals surface area (Å²) in [6.45, 7) is 0. The van der Waals surface area contributed by atoms with Gasteiger partial charge >= 0.3 is 6.18 Å². The zero-order valence-corrected chi connectivity index (χ0v) is 13.3. The Morgan fingerprint density at radius 1 is 1.38 bits per heavy atom. The molecule has 132 valence electrons. The molecule has 0 fully saturated rings. The number of hydrogen-bond donors (Lipinski definition) is 3. The van der Waals surface area contributed by atoms with Gasteiger partial charge in [-0.25, -0.2) is 0 Å². The number of ether oxygens (including phenoxy) is 1. The second kappa shape index (κ2) is 4.92. The Morgan fingerprint density at radius 2 is 2.12 bits per heavy atom. The van der Waals surface area contributed by atoms with Crippen LogP contribution in [0.1, 0.15) is 16.8 Å². The molecule has 2 aliphatic rings. The molecular weight excluding hydrogens is 375 g/mol. The molecule has 2 aliphatic heterocycles. The maximum Gasteiger partial charge on any atom is 0.433 e. The van der Waals surface area contributed by atoms with Gasteiger partial charge in [-0.3, -0.25) is 9.89 Å². The molecule has 1 unspecified atom stereocenters. The third-order valence-corrected chi connectivity index (χ3v) is 4.54. The number of nitrogens with one attached hydrogen (secondary N) is 2. The Kier molecular flexibility index (Phi) is 3.08. The predicted molar refractivity (Wildman–Crippen MR) is 81.9 cm³/mol. The van der Waals surface area contributed by atoms with Crippen LogP contribution in [0.25, 0.3) is 0 Å². The topological polar surface area (TPSA) is 117 Å². The van der Waals surface area contributed by atoms with Crippen LogP contribution < -0.4 is 15.8 Å². The van der Waals surface area contributed by atoms with Crippen molar-refractivity contribution in [3.63, 3.8) is 0 Å². The first-order chi connectivity index (χ1) is 12.2. The zero-order valence-electron chi connectivity index (χ0n) is 12.5. The lowest BCUT2D eigenvalue weighted by Crippen LogP contribution is -2.43. The number of aromatic amines is 1. The summed E-state index contributed by atoms with van der Waals surface area (Å²) < 4.78 is 45.7. The number of fused-ring (bicyclic) bond motifs is 4. The smallest absolute Gasteiger partial charge is 0.420 e. The van der Waals surface area contributed by atoms with Gasteiger partial charge in [0.05, 0.1) is 5.56 Å². The molecule has 1 aromatic heterocycles. The molecule has 7 nitrogen and oxygen atoms in total. The maximum absolute atomic E-state index is 13.5. The third-order valence-electron chi connectivity index (χ3n) is 4.31. The van der Waals surface area contributed by atoms with Crippen molar-refractivity contribution in [3.8, 4) is 11.9 Å². The average molecular weight is 382 g/mol. The monoisotopic (exact) mass is 381 g/mol. The molecule has 0 saturated carbocycles. The molecule has 4 N–H and O–H groups in total. The van der Waals surface area contributed by atoms with E-state index in [1.807, 2.05) is 5.10 Å². The van der Waals surface area contributed by atoms with E-state index >= 15 is 0 Å². The first kappa shape index (κ1) is 16.3. The van der Waals surface area contributed by atoms with Gasteiger partial charge in [0.2, 0.25) is 17.7 Å². The quantitative estimate of drug-likeness (QED) is 0.648. The number of nitrogens with zero attached hydrogens (tertiary/aromatic N) is 2. The van der Waals surface area contributed by atoms with Crippen molar-refractivity contribution in [2.45, 2.75) is 11.6 Å². The van der Waals surface area contributed by atoms with E-state index in [0.29, 0.717) is 0 Å². The summed E-state index contributed by atoms with van der Waals surface area (Å²) in [5.41, 5.74) is 1.40. The van der Waals surface area contributed by atoms with Crippen molar-refractivity contribution in [1.29, 1.82) is 5.26 Å². The number of carbonyl (C=O) groups excluding carboxylic acids is 1. The molecule has 3 heterocycles. The molecule has 0 radical (unpaired) electrons. The van der Waals surface area contributed by atoms with Crippen molar-refractivity contribution in [2.75, 3.05) is 5.32 Å². The molecule has 11 heteroatoms. The van der Waals surface area contributed by atoms with Crippen molar-refractivity contribution in [3.05, 3.63) is 51.5 Å². The normalized spacial score (nSPS) is 21.1. The number of rotatable bonds is 0. The second-order valence-electron chi connectivity index (χ2n) is 5.62. The number of amides is 1. The van der Waals surface area contributed by atoms with Crippen LogP contribution in [-0.4, -0.2) is 16.1 Å². The van der Waals surface area contributed by atoms with Crippen LogP contribution >= 0.6 is 11.6 Å². The SMILES string of the molecule is N#CC1=C(N)Oc2n[nH]c(C(F)(F)F)c2C12C(=O)Nc1ccc(Cl)cc12. The summed E-state index contributed by atoms with van der Waals surface area (Å²) in [4.78, 5) is 12.9. The molecular formula is C15H7ClF3N5O2. The van der Waals surface area contributed by atoms with Gasteiger partial charge in [0.1, 0.15) is 22.8 Å². The number of carbonyl (C=O) groups is 1. The molecule has 0 saturated heterocycles. The fraction of sp³-hybridized carbons (Fsp3) is 0.133. The fourth-order valence-electron chi connectivity index (χ4n) is 3.33. The number of halogens is 4. The number of nitriles is 1. The number of alkyl halides is 3. The van der Waals surface area contributed by atoms with Crippen molar-refractivity contribution >= 4 is 23.2 Å². The predicted octanol–water partition coefficient (Wildman–Crippen LogP) is 2.41. The first-order valence-electron chi connectivity index (χ1n) is 7.07. The minimum Gasteiger partial charge on any atom is -0.420 e. The summed E-state index contributed by atoms with van der Waals surface area (Å²) in [6.07, 6.45) is -4.88. The number of nitrogens with two attached hydrogens (primary N) is 1. The highest BCUT2D eigenvalue weighted by molar-refractivity contribution is 6.31. The number of aromatic nitrogens is 2. The first-order valence-corrected chi connectivity index (χ1v) is 7.44. The van der Waals surface area contributed by atoms with Crippen LogP contribution in [-0.2, 0) is 16.4 Å². The van der Waals surface area contributed by atoms with E-state index in [1.165, 1.54) is 18.2 Å². The Hall–Kier alpha value is -3.19. The Bertz CT molecular complexity index is 1050. The molecule has 1 atom stereocenters. The number of hydrogen-bond acceptors (Lipinski definition) is 5. The van der Waals surface area contributed by atoms with Crippen LogP contribution in [0, 0.1) is 11.3 Å². The summed E-state index contributed by atoms with van der Waals surface area (Å²) in [6, 6.07) is 5.90. The van der Waals surface area contributed by atoms with E-state index in [4.69, 9.17) is 22.1 Å². The van der Waals surface area contributed by atoms with Crippen LogP contribution in [0.3, 0.4) is 0 Å². The van der Waals surface area contributed by atoms with Crippen molar-refractivity contribution < 1.29 is 22.7 Å². The minimum atomic E-state index is -4.88. The van der Waals surface area contributed by atoms with Gasteiger partial charge in [-0.2, -0.15) is 18.4 Å². The Balaban J connectivity index is 2.18. The van der Waals surface area contributed by atoms with E-state index in [1.54, 1.807) is 6.07 Å². The van der Waals surface area contributed by atoms with E-state index in [-0.39, 0.29) is 16.3 Å². The van der Waals surface area contributed by atoms with Crippen LogP contribution in [0.2, 0.25) is 5.02 Å². The van der Waals surface area contributed by atoms with Gasteiger partial charge < -0.3 is 15.8 Å². The fourth-order valence-corrected chi connectivity index (χ4v) is 3.50. The van der Waals surface area contributed by atoms with Gasteiger partial charge in [-0.15, -0.1) is 5.10 Å². The van der Waals surface area contributed by atoms with Gasteiger partial charge in [0, 0.05) is 16.3 Å². The Labute approximate surface area is 148 Å². The van der Waals surface area contributed by atoms with Gasteiger partial charge in [-0.1, -0.05) is 11.6 Å². The highest BCUT2D eigenvalue weighted by atomic mass is 35.5. The maximum atomic E-state index is 13.5. The lowest BCUT2D eigenvalue weighted by atomic mass is 9.69. The molecule has 26 heavy (non-hydrogen) atoms. The number of benzene rings is 1. The van der Waals surface area contributed by atoms with E-state index in [2.05, 4.69) is 10.4 Å². The van der Waals surface area contributed by atoms with E-state index in [9.17, 15) is 23.2 Å². The largest absolute Gasteiger partial charge is 0.433 e. The van der Waals surface area contributed by atoms with Gasteiger partial charge in [0.25, 0.3) is 0 Å². The molecule has 0 bridgehead atoms. The third kappa shape index (κ3) is 1.83. The zero-order chi connectivity index (χ0) is 18.9. The van der Waals surface area contributed by atoms with Gasteiger partial charge in [-0.05, 0) is 18.2 Å². The van der Waals surface area contributed by atoms with Crippen molar-refractivity contribution in [2.24, 2.45) is 5.73 Å². The standard InChI is InChI=1S/C15H7ClF3N5O2/c16-5-1-2-8-6(3-5)14(13(25)22-8)7(4-20)11(21)26-12-9(14)10(23-24-12)15(17,18)19/h1-3H,21H2,(H,22,25)(H,23,24). The van der Waals surface area contributed by atoms with Crippen LogP contribution in [0.5, 0.6) is 5.88 Å². The summed E-state index contributed by atoms with van der Waals surface area (Å²) in [7, 11) is 0. The summed E-state index contributed by atoms with van der Waals surface area (Å²) in [5, 5.41) is 17.5. The van der Waals surface area contributed by atoms with E-state index in [0.717, 1.165) is 0 Å². The molecule has 1 spiro atoms. The highest BCUT2D eigenvalue weighted by Gasteiger charge is 2.61. The highest BCUT2D eigenvalue weighted by Crippen LogP contribution is 2.55. The molecule has 1 aromatic carbocycles. The average Bonchev–Trinajstić information content (AvgIpc) is 3.09. The van der Waals surface area contributed by atoms with Crippen LogP contribution in [0.4, 0.5) is 18.9 Å². The van der Waals surface area contributed by atoms with Crippen molar-refractivity contribution in [1.82, 2.24) is 10.2 Å². The molecule has 1 amide bonds. The minimum absolute atomic E-state index is 0.0611. The summed E-state index contributed by atoms with van der Waals surface area (Å²) in [5.74, 6) is -1.93. The Morgan fingerprint density at radius 3 is 2.77 bits per heavy atom. The second-order valence-corrected chi connectivity index (χ2v) is 6.06. The lowest BCUT2D eigenvalue weighted by molar-refractivity contribution is -0.142. The number of H-pyrrole nitrogens is 1. The number of anilines is 1. The lowest BCUT2D eigenvalue weighted by Gasteiger charge is -2.32. The summed E-state index contributed by atoms with van der Waals surface area (Å²) >= 11 is 5.99.